The highest BCUT2D eigenvalue weighted by Crippen LogP contribution is 2.19. The Kier molecular flexibility index (Phi) is 5.13. The topological polar surface area (TPSA) is 50.4 Å². The molecule has 2 unspecified atom stereocenters. The summed E-state index contributed by atoms with van der Waals surface area (Å²) in [4.78, 5) is 12.2. The highest BCUT2D eigenvalue weighted by Gasteiger charge is 2.34. The van der Waals surface area contributed by atoms with Crippen LogP contribution >= 0.6 is 11.8 Å². The second kappa shape index (κ2) is 6.61. The largest absolute Gasteiger partial charge is 0.379 e. The molecule has 0 aromatic heterocycles. The van der Waals surface area contributed by atoms with Crippen LogP contribution in [0.25, 0.3) is 0 Å². The molecule has 0 aromatic rings. The maximum absolute atomic E-state index is 12.2. The first-order valence-electron chi connectivity index (χ1n) is 6.50. The highest BCUT2D eigenvalue weighted by molar-refractivity contribution is 7.99. The van der Waals surface area contributed by atoms with Gasteiger partial charge in [-0.3, -0.25) is 4.79 Å². The van der Waals surface area contributed by atoms with Crippen molar-refractivity contribution in [1.29, 1.82) is 0 Å². The zero-order chi connectivity index (χ0) is 12.1. The normalized spacial score (nSPS) is 30.4. The third-order valence-corrected chi connectivity index (χ3v) is 4.50. The van der Waals surface area contributed by atoms with E-state index in [-0.39, 0.29) is 17.9 Å². The van der Waals surface area contributed by atoms with E-state index in [0.717, 1.165) is 19.4 Å². The summed E-state index contributed by atoms with van der Waals surface area (Å²) in [6.45, 7) is 4.17. The number of hydrogen-bond donors (Lipinski definition) is 2. The summed E-state index contributed by atoms with van der Waals surface area (Å²) in [5.41, 5.74) is 0. The summed E-state index contributed by atoms with van der Waals surface area (Å²) in [5, 5.41) is 6.50. The van der Waals surface area contributed by atoms with E-state index in [1.165, 1.54) is 11.5 Å². The summed E-state index contributed by atoms with van der Waals surface area (Å²) in [7, 11) is 0. The zero-order valence-electron chi connectivity index (χ0n) is 10.4. The van der Waals surface area contributed by atoms with Crippen molar-refractivity contribution >= 4 is 17.7 Å². The highest BCUT2D eigenvalue weighted by atomic mass is 32.2. The Labute approximate surface area is 107 Å². The molecule has 2 heterocycles. The van der Waals surface area contributed by atoms with Gasteiger partial charge in [-0.15, -0.1) is 0 Å². The Morgan fingerprint density at radius 3 is 2.82 bits per heavy atom. The van der Waals surface area contributed by atoms with Crippen LogP contribution in [0.15, 0.2) is 0 Å². The maximum atomic E-state index is 12.2. The van der Waals surface area contributed by atoms with E-state index < -0.39 is 0 Å². The van der Waals surface area contributed by atoms with Gasteiger partial charge in [0.1, 0.15) is 0 Å². The van der Waals surface area contributed by atoms with Gasteiger partial charge in [-0.05, 0) is 30.9 Å². The van der Waals surface area contributed by atoms with Crippen LogP contribution in [0.5, 0.6) is 0 Å². The number of likely N-dealkylation sites (N-methyl/N-ethyl adjacent to an activating group) is 1. The summed E-state index contributed by atoms with van der Waals surface area (Å²) < 4.78 is 5.41. The van der Waals surface area contributed by atoms with Gasteiger partial charge in [0.2, 0.25) is 5.91 Å². The molecule has 2 fully saturated rings. The molecule has 0 spiro atoms. The van der Waals surface area contributed by atoms with E-state index in [4.69, 9.17) is 4.74 Å². The minimum absolute atomic E-state index is 0.00969. The number of carbonyl (C=O) groups excluding carboxylic acids is 1. The number of hydrogen-bond acceptors (Lipinski definition) is 4. The molecule has 0 bridgehead atoms. The molecule has 2 atom stereocenters. The van der Waals surface area contributed by atoms with Gasteiger partial charge in [0.05, 0.1) is 19.1 Å². The van der Waals surface area contributed by atoms with Crippen molar-refractivity contribution in [3.8, 4) is 0 Å². The zero-order valence-corrected chi connectivity index (χ0v) is 11.2. The lowest BCUT2D eigenvalue weighted by molar-refractivity contribution is -0.126. The van der Waals surface area contributed by atoms with E-state index in [0.29, 0.717) is 19.3 Å². The molecule has 0 radical (unpaired) electrons. The molecule has 2 aliphatic heterocycles. The predicted octanol–water partition coefficient (Wildman–Crippen LogP) is 0.623. The molecule has 2 saturated heterocycles. The lowest BCUT2D eigenvalue weighted by Crippen LogP contribution is -2.47. The Bertz CT molecular complexity index is 257. The predicted molar refractivity (Wildman–Crippen MR) is 70.3 cm³/mol. The second-order valence-corrected chi connectivity index (χ2v) is 5.93. The van der Waals surface area contributed by atoms with Crippen molar-refractivity contribution in [2.45, 2.75) is 31.8 Å². The van der Waals surface area contributed by atoms with E-state index in [9.17, 15) is 4.79 Å². The number of amides is 1. The minimum atomic E-state index is -0.00969. The second-order valence-electron chi connectivity index (χ2n) is 4.70. The first-order valence-corrected chi connectivity index (χ1v) is 7.66. The van der Waals surface area contributed by atoms with Gasteiger partial charge in [0, 0.05) is 12.1 Å². The van der Waals surface area contributed by atoms with Crippen molar-refractivity contribution in [1.82, 2.24) is 10.6 Å². The molecule has 1 amide bonds. The third-order valence-electron chi connectivity index (χ3n) is 3.45. The van der Waals surface area contributed by atoms with E-state index in [2.05, 4.69) is 17.6 Å². The minimum Gasteiger partial charge on any atom is -0.379 e. The Hall–Kier alpha value is -0.260. The van der Waals surface area contributed by atoms with Crippen molar-refractivity contribution in [2.24, 2.45) is 5.92 Å². The lowest BCUT2D eigenvalue weighted by atomic mass is 10.0. The molecule has 2 aliphatic rings. The monoisotopic (exact) mass is 258 g/mol. The summed E-state index contributed by atoms with van der Waals surface area (Å²) >= 11 is 1.98. The first-order chi connectivity index (χ1) is 8.31. The molecule has 98 valence electrons. The van der Waals surface area contributed by atoms with Crippen LogP contribution in [0.1, 0.15) is 19.8 Å². The van der Waals surface area contributed by atoms with Crippen molar-refractivity contribution in [3.63, 3.8) is 0 Å². The summed E-state index contributed by atoms with van der Waals surface area (Å²) in [5.74, 6) is 2.50. The molecule has 2 N–H and O–H groups in total. The van der Waals surface area contributed by atoms with E-state index in [1.54, 1.807) is 0 Å². The molecule has 2 rings (SSSR count). The van der Waals surface area contributed by atoms with Gasteiger partial charge in [-0.25, -0.2) is 0 Å². The number of carbonyl (C=O) groups is 1. The molecule has 17 heavy (non-hydrogen) atoms. The number of thioether (sulfide) groups is 1. The van der Waals surface area contributed by atoms with E-state index in [1.807, 2.05) is 11.8 Å². The lowest BCUT2D eigenvalue weighted by Gasteiger charge is -2.25. The van der Waals surface area contributed by atoms with Gasteiger partial charge in [-0.1, -0.05) is 6.92 Å². The van der Waals surface area contributed by atoms with Gasteiger partial charge < -0.3 is 15.4 Å². The van der Waals surface area contributed by atoms with Gasteiger partial charge in [0.15, 0.2) is 0 Å². The number of rotatable bonds is 4. The van der Waals surface area contributed by atoms with Crippen LogP contribution in [0.2, 0.25) is 0 Å². The molecular formula is C12H22N2O2S. The fourth-order valence-electron chi connectivity index (χ4n) is 2.43. The first kappa shape index (κ1) is 13.2. The number of ether oxygens (including phenoxy) is 1. The molecular weight excluding hydrogens is 236 g/mol. The fraction of sp³-hybridized carbons (Fsp3) is 0.917. The number of nitrogens with one attached hydrogen (secondary N) is 2. The van der Waals surface area contributed by atoms with Gasteiger partial charge in [-0.2, -0.15) is 11.8 Å². The van der Waals surface area contributed by atoms with Crippen molar-refractivity contribution < 1.29 is 9.53 Å². The Balaban J connectivity index is 1.81. The maximum Gasteiger partial charge on any atom is 0.227 e. The molecule has 0 aliphatic carbocycles. The van der Waals surface area contributed by atoms with Crippen molar-refractivity contribution in [2.75, 3.05) is 31.3 Å². The molecule has 0 aromatic carbocycles. The average molecular weight is 258 g/mol. The Morgan fingerprint density at radius 2 is 2.12 bits per heavy atom. The summed E-state index contributed by atoms with van der Waals surface area (Å²) in [6, 6.07) is 0.574. The smallest absolute Gasteiger partial charge is 0.227 e. The van der Waals surface area contributed by atoms with E-state index >= 15 is 0 Å². The molecule has 5 heteroatoms. The summed E-state index contributed by atoms with van der Waals surface area (Å²) in [6.07, 6.45) is 2.21. The third kappa shape index (κ3) is 3.60. The van der Waals surface area contributed by atoms with Gasteiger partial charge >= 0.3 is 0 Å². The van der Waals surface area contributed by atoms with Crippen LogP contribution in [-0.4, -0.2) is 49.3 Å². The van der Waals surface area contributed by atoms with Crippen LogP contribution in [0.3, 0.4) is 0 Å². The molecule has 0 saturated carbocycles. The average Bonchev–Trinajstić information content (AvgIpc) is 2.79. The SMILES string of the molecule is CCNC1COCC1C(=O)NC1CCSCC1. The fourth-order valence-corrected chi connectivity index (χ4v) is 3.53. The Morgan fingerprint density at radius 1 is 1.35 bits per heavy atom. The van der Waals surface area contributed by atoms with Crippen LogP contribution in [0, 0.1) is 5.92 Å². The van der Waals surface area contributed by atoms with Crippen LogP contribution < -0.4 is 10.6 Å². The molecule has 4 nitrogen and oxygen atoms in total. The standard InChI is InChI=1S/C12H22N2O2S/c1-2-13-11-8-16-7-10(11)12(15)14-9-3-5-17-6-4-9/h9-11,13H,2-8H2,1H3,(H,14,15). The quantitative estimate of drug-likeness (QED) is 0.776. The van der Waals surface area contributed by atoms with Crippen LogP contribution in [0.4, 0.5) is 0 Å². The van der Waals surface area contributed by atoms with Crippen molar-refractivity contribution in [3.05, 3.63) is 0 Å². The van der Waals surface area contributed by atoms with Gasteiger partial charge in [0.25, 0.3) is 0 Å². The van der Waals surface area contributed by atoms with Crippen LogP contribution in [-0.2, 0) is 9.53 Å².